The molecule has 6 nitrogen and oxygen atoms in total. The van der Waals surface area contributed by atoms with E-state index < -0.39 is 5.60 Å². The molecule has 1 aromatic carbocycles. The molecule has 0 bridgehead atoms. The van der Waals surface area contributed by atoms with Crippen molar-refractivity contribution in [3.8, 4) is 5.88 Å². The number of nitrogens with zero attached hydrogens (tertiary/aromatic N) is 2. The second-order valence-electron chi connectivity index (χ2n) is 9.92. The Kier molecular flexibility index (Phi) is 7.51. The van der Waals surface area contributed by atoms with Crippen molar-refractivity contribution in [3.05, 3.63) is 59.8 Å². The number of rotatable bonds is 6. The van der Waals surface area contributed by atoms with Crippen LogP contribution in [0.5, 0.6) is 5.88 Å². The summed E-state index contributed by atoms with van der Waals surface area (Å²) in [4.78, 5) is 18.2. The molecule has 2 aromatic rings. The van der Waals surface area contributed by atoms with Crippen molar-refractivity contribution in [2.24, 2.45) is 0 Å². The average Bonchev–Trinajstić information content (AvgIpc) is 2.78. The molecule has 1 saturated heterocycles. The molecule has 34 heavy (non-hydrogen) atoms. The van der Waals surface area contributed by atoms with Crippen molar-refractivity contribution in [1.82, 2.24) is 9.88 Å². The van der Waals surface area contributed by atoms with Gasteiger partial charge in [0.1, 0.15) is 17.5 Å². The molecule has 7 heteroatoms. The van der Waals surface area contributed by atoms with Crippen LogP contribution in [-0.4, -0.2) is 53.0 Å². The molecule has 0 spiro atoms. The lowest BCUT2D eigenvalue weighted by Crippen LogP contribution is -2.46. The first-order chi connectivity index (χ1) is 16.2. The van der Waals surface area contributed by atoms with Gasteiger partial charge in [-0.15, -0.1) is 0 Å². The topological polar surface area (TPSA) is 60.9 Å². The fourth-order valence-corrected chi connectivity index (χ4v) is 4.07. The number of carbonyl (C=O) groups is 1. The number of ether oxygens (including phenoxy) is 3. The minimum Gasteiger partial charge on any atom is -0.474 e. The Labute approximate surface area is 200 Å². The van der Waals surface area contributed by atoms with E-state index in [-0.39, 0.29) is 30.2 Å². The molecule has 2 aliphatic rings. The molecule has 4 rings (SSSR count). The molecule has 1 aliphatic heterocycles. The molecule has 0 unspecified atom stereocenters. The predicted octanol–water partition coefficient (Wildman–Crippen LogP) is 5.88. The highest BCUT2D eigenvalue weighted by atomic mass is 19.1. The third kappa shape index (κ3) is 6.79. The molecule has 2 fully saturated rings. The number of hydrogen-bond acceptors (Lipinski definition) is 5. The van der Waals surface area contributed by atoms with E-state index in [4.69, 9.17) is 14.2 Å². The van der Waals surface area contributed by atoms with Crippen LogP contribution in [0, 0.1) is 0 Å². The Morgan fingerprint density at radius 2 is 1.76 bits per heavy atom. The van der Waals surface area contributed by atoms with Crippen LogP contribution < -0.4 is 4.74 Å². The Balaban J connectivity index is 1.20. The van der Waals surface area contributed by atoms with Gasteiger partial charge in [-0.2, -0.15) is 0 Å². The standard InChI is InChI=1S/C27H33FN2O4/c1-27(2,3)34-26(31)30-13-10-21(11-14-30)32-22-17-23(18-22)33-25-16-19(9-12-29-25)15-24(28)20-7-5-4-6-8-20/h4-9,12,15-16,21-23H,10-11,13-14,17-18H2,1-3H3. The van der Waals surface area contributed by atoms with E-state index in [1.807, 2.05) is 39.0 Å². The van der Waals surface area contributed by atoms with Crippen molar-refractivity contribution < 1.29 is 23.4 Å². The Morgan fingerprint density at radius 1 is 1.06 bits per heavy atom. The smallest absolute Gasteiger partial charge is 0.410 e. The molecular formula is C27H33FN2O4. The van der Waals surface area contributed by atoms with Gasteiger partial charge < -0.3 is 19.1 Å². The van der Waals surface area contributed by atoms with Crippen LogP contribution in [0.25, 0.3) is 11.9 Å². The van der Waals surface area contributed by atoms with Crippen LogP contribution in [-0.2, 0) is 9.47 Å². The summed E-state index contributed by atoms with van der Waals surface area (Å²) in [6, 6.07) is 12.5. The third-order valence-corrected chi connectivity index (χ3v) is 5.92. The molecule has 0 atom stereocenters. The maximum absolute atomic E-state index is 14.5. The predicted molar refractivity (Wildman–Crippen MR) is 129 cm³/mol. The van der Waals surface area contributed by atoms with Crippen LogP contribution in [0.4, 0.5) is 9.18 Å². The monoisotopic (exact) mass is 468 g/mol. The SMILES string of the molecule is CC(C)(C)OC(=O)N1CCC(OC2CC(Oc3cc(C=C(F)c4ccccc4)ccn3)C2)CC1. The van der Waals surface area contributed by atoms with Gasteiger partial charge in [0.15, 0.2) is 0 Å². The van der Waals surface area contributed by atoms with Crippen LogP contribution in [0.15, 0.2) is 48.7 Å². The summed E-state index contributed by atoms with van der Waals surface area (Å²) in [5.74, 6) is 0.191. The van der Waals surface area contributed by atoms with Gasteiger partial charge in [-0.25, -0.2) is 14.2 Å². The molecule has 182 valence electrons. The highest BCUT2D eigenvalue weighted by molar-refractivity contribution is 5.76. The van der Waals surface area contributed by atoms with Gasteiger partial charge in [0.25, 0.3) is 0 Å². The zero-order valence-corrected chi connectivity index (χ0v) is 20.1. The van der Waals surface area contributed by atoms with Crippen molar-refractivity contribution in [3.63, 3.8) is 0 Å². The number of piperidine rings is 1. The molecule has 1 saturated carbocycles. The van der Waals surface area contributed by atoms with E-state index in [9.17, 15) is 9.18 Å². The largest absolute Gasteiger partial charge is 0.474 e. The Bertz CT molecular complexity index is 991. The fraction of sp³-hybridized carbons (Fsp3) is 0.481. The first kappa shape index (κ1) is 24.2. The van der Waals surface area contributed by atoms with Gasteiger partial charge in [-0.1, -0.05) is 30.3 Å². The highest BCUT2D eigenvalue weighted by Gasteiger charge is 2.35. The summed E-state index contributed by atoms with van der Waals surface area (Å²) < 4.78 is 32.1. The second kappa shape index (κ2) is 10.6. The average molecular weight is 469 g/mol. The van der Waals surface area contributed by atoms with Crippen LogP contribution in [0.1, 0.15) is 57.6 Å². The molecule has 1 aliphatic carbocycles. The Morgan fingerprint density at radius 3 is 2.44 bits per heavy atom. The van der Waals surface area contributed by atoms with Crippen molar-refractivity contribution in [2.45, 2.75) is 70.4 Å². The van der Waals surface area contributed by atoms with Crippen LogP contribution in [0.3, 0.4) is 0 Å². The lowest BCUT2D eigenvalue weighted by atomic mass is 9.91. The summed E-state index contributed by atoms with van der Waals surface area (Å²) in [6.07, 6.45) is 6.42. The molecule has 1 aromatic heterocycles. The summed E-state index contributed by atoms with van der Waals surface area (Å²) in [7, 11) is 0. The van der Waals surface area contributed by atoms with Gasteiger partial charge in [0, 0.05) is 43.8 Å². The molecule has 0 N–H and O–H groups in total. The number of carbonyl (C=O) groups excluding carboxylic acids is 1. The lowest BCUT2D eigenvalue weighted by Gasteiger charge is -2.39. The van der Waals surface area contributed by atoms with Crippen LogP contribution >= 0.6 is 0 Å². The van der Waals surface area contributed by atoms with E-state index in [2.05, 4.69) is 4.98 Å². The molecular weight excluding hydrogens is 435 g/mol. The van der Waals surface area contributed by atoms with Crippen LogP contribution in [0.2, 0.25) is 0 Å². The zero-order chi connectivity index (χ0) is 24.1. The molecule has 0 radical (unpaired) electrons. The van der Waals surface area contributed by atoms with Gasteiger partial charge >= 0.3 is 6.09 Å². The van der Waals surface area contributed by atoms with Crippen molar-refractivity contribution >= 4 is 18.0 Å². The van der Waals surface area contributed by atoms with E-state index >= 15 is 0 Å². The van der Waals surface area contributed by atoms with Crippen molar-refractivity contribution in [2.75, 3.05) is 13.1 Å². The number of benzene rings is 1. The van der Waals surface area contributed by atoms with Gasteiger partial charge in [0.05, 0.1) is 12.2 Å². The minimum atomic E-state index is -0.480. The Hall–Kier alpha value is -2.93. The second-order valence-corrected chi connectivity index (χ2v) is 9.92. The number of likely N-dealkylation sites (tertiary alicyclic amines) is 1. The highest BCUT2D eigenvalue weighted by Crippen LogP contribution is 2.31. The quantitative estimate of drug-likeness (QED) is 0.530. The number of amides is 1. The third-order valence-electron chi connectivity index (χ3n) is 5.92. The van der Waals surface area contributed by atoms with Gasteiger partial charge in [0.2, 0.25) is 5.88 Å². The number of hydrogen-bond donors (Lipinski definition) is 0. The van der Waals surface area contributed by atoms with E-state index in [1.165, 1.54) is 6.08 Å². The van der Waals surface area contributed by atoms with Gasteiger partial charge in [-0.05, 0) is 51.3 Å². The van der Waals surface area contributed by atoms with E-state index in [1.54, 1.807) is 35.4 Å². The number of aromatic nitrogens is 1. The maximum Gasteiger partial charge on any atom is 0.410 e. The molecule has 1 amide bonds. The summed E-state index contributed by atoms with van der Waals surface area (Å²) >= 11 is 0. The van der Waals surface area contributed by atoms with Crippen molar-refractivity contribution in [1.29, 1.82) is 0 Å². The van der Waals surface area contributed by atoms with E-state index in [0.717, 1.165) is 25.7 Å². The lowest BCUT2D eigenvalue weighted by molar-refractivity contribution is -0.110. The number of pyridine rings is 1. The minimum absolute atomic E-state index is 0.0394. The summed E-state index contributed by atoms with van der Waals surface area (Å²) in [5, 5.41) is 0. The fourth-order valence-electron chi connectivity index (χ4n) is 4.07. The summed E-state index contributed by atoms with van der Waals surface area (Å²) in [5.41, 5.74) is 0.763. The van der Waals surface area contributed by atoms with E-state index in [0.29, 0.717) is 30.1 Å². The van der Waals surface area contributed by atoms with Gasteiger partial charge in [-0.3, -0.25) is 0 Å². The first-order valence-electron chi connectivity index (χ1n) is 11.9. The summed E-state index contributed by atoms with van der Waals surface area (Å²) in [6.45, 7) is 6.93. The number of halogens is 1. The molecule has 2 heterocycles. The zero-order valence-electron chi connectivity index (χ0n) is 20.1. The normalized spacial score (nSPS) is 21.6. The first-order valence-corrected chi connectivity index (χ1v) is 11.9. The maximum atomic E-state index is 14.5.